The molecule has 1 aromatic carbocycles. The van der Waals surface area contributed by atoms with Crippen LogP contribution >= 0.6 is 0 Å². The van der Waals surface area contributed by atoms with Crippen molar-refractivity contribution in [2.75, 3.05) is 6.61 Å². The van der Waals surface area contributed by atoms with Crippen LogP contribution in [0.15, 0.2) is 53.7 Å². The average molecular weight is 326 g/mol. The molecule has 7 nitrogen and oxygen atoms in total. The highest BCUT2D eigenvalue weighted by Gasteiger charge is 2.08. The zero-order valence-corrected chi connectivity index (χ0v) is 13.3. The Morgan fingerprint density at radius 3 is 2.79 bits per heavy atom. The van der Waals surface area contributed by atoms with Crippen molar-refractivity contribution >= 4 is 11.4 Å². The molecule has 1 amide bonds. The zero-order valence-electron chi connectivity index (χ0n) is 13.3. The second-order valence-corrected chi connectivity index (χ2v) is 5.25. The van der Waals surface area contributed by atoms with Gasteiger partial charge in [0.25, 0.3) is 5.56 Å². The Morgan fingerprint density at radius 1 is 1.25 bits per heavy atom. The first-order chi connectivity index (χ1) is 11.7. The van der Waals surface area contributed by atoms with E-state index >= 15 is 0 Å². The molecule has 3 rings (SSSR count). The Kier molecular flexibility index (Phi) is 4.60. The number of hydrogen-bond donors (Lipinski definition) is 1. The minimum absolute atomic E-state index is 0.114. The Labute approximate surface area is 138 Å². The maximum absolute atomic E-state index is 12.2. The molecule has 7 heteroatoms. The molecule has 0 aliphatic rings. The monoisotopic (exact) mass is 326 g/mol. The first kappa shape index (κ1) is 15.8. The molecular formula is C17H18N4O3. The lowest BCUT2D eigenvalue weighted by molar-refractivity contribution is -0.122. The van der Waals surface area contributed by atoms with E-state index in [0.29, 0.717) is 18.7 Å². The van der Waals surface area contributed by atoms with Crippen LogP contribution in [0.5, 0.6) is 5.75 Å². The molecule has 0 unspecified atom stereocenters. The average Bonchev–Trinajstić information content (AvgIpc) is 3.07. The number of ether oxygens (including phenoxy) is 1. The summed E-state index contributed by atoms with van der Waals surface area (Å²) in [6.07, 6.45) is 3.25. The van der Waals surface area contributed by atoms with Crippen molar-refractivity contribution in [2.24, 2.45) is 0 Å². The Bertz CT molecular complexity index is 896. The van der Waals surface area contributed by atoms with E-state index in [9.17, 15) is 9.59 Å². The Hall–Kier alpha value is -3.09. The number of nitrogens with zero attached hydrogens (tertiary/aromatic N) is 3. The zero-order chi connectivity index (χ0) is 16.9. The molecule has 0 bridgehead atoms. The van der Waals surface area contributed by atoms with Gasteiger partial charge in [0.05, 0.1) is 6.61 Å². The third-order valence-corrected chi connectivity index (χ3v) is 3.57. The summed E-state index contributed by atoms with van der Waals surface area (Å²) >= 11 is 0. The molecule has 124 valence electrons. The van der Waals surface area contributed by atoms with E-state index in [2.05, 4.69) is 10.4 Å². The maximum atomic E-state index is 12.2. The fourth-order valence-corrected chi connectivity index (χ4v) is 2.35. The van der Waals surface area contributed by atoms with Gasteiger partial charge < -0.3 is 14.5 Å². The molecule has 0 fully saturated rings. The predicted molar refractivity (Wildman–Crippen MR) is 88.9 cm³/mol. The van der Waals surface area contributed by atoms with Crippen LogP contribution in [0.25, 0.3) is 5.52 Å². The van der Waals surface area contributed by atoms with E-state index in [1.54, 1.807) is 22.7 Å². The van der Waals surface area contributed by atoms with Gasteiger partial charge in [0, 0.05) is 12.7 Å². The van der Waals surface area contributed by atoms with Crippen LogP contribution in [0.2, 0.25) is 0 Å². The lowest BCUT2D eigenvalue weighted by atomic mass is 10.2. The lowest BCUT2D eigenvalue weighted by Crippen LogP contribution is -2.33. The van der Waals surface area contributed by atoms with Gasteiger partial charge in [-0.3, -0.25) is 9.59 Å². The first-order valence-corrected chi connectivity index (χ1v) is 7.68. The number of carbonyl (C=O) groups is 1. The number of aromatic nitrogens is 3. The number of nitrogens with one attached hydrogen (secondary N) is 1. The van der Waals surface area contributed by atoms with E-state index < -0.39 is 0 Å². The van der Waals surface area contributed by atoms with E-state index in [1.807, 2.05) is 31.2 Å². The molecule has 3 aromatic rings. The molecule has 0 aliphatic heterocycles. The molecule has 0 aliphatic carbocycles. The molecule has 0 saturated carbocycles. The van der Waals surface area contributed by atoms with Crippen LogP contribution in [-0.4, -0.2) is 26.7 Å². The van der Waals surface area contributed by atoms with Gasteiger partial charge in [0.15, 0.2) is 0 Å². The third kappa shape index (κ3) is 3.45. The van der Waals surface area contributed by atoms with Crippen molar-refractivity contribution in [3.8, 4) is 5.75 Å². The number of carbonyl (C=O) groups excluding carboxylic acids is 1. The summed E-state index contributed by atoms with van der Waals surface area (Å²) in [5.74, 6) is 0.526. The van der Waals surface area contributed by atoms with Crippen LogP contribution in [0, 0.1) is 0 Å². The predicted octanol–water partition coefficient (Wildman–Crippen LogP) is 1.21. The minimum atomic E-state index is -0.293. The van der Waals surface area contributed by atoms with Gasteiger partial charge in [-0.25, -0.2) is 4.68 Å². The van der Waals surface area contributed by atoms with Crippen LogP contribution in [0.1, 0.15) is 12.5 Å². The fraction of sp³-hybridized carbons (Fsp3) is 0.235. The SMILES string of the molecule is CCOc1ccc(CNC(=O)Cn2ncn3cccc3c2=O)cc1. The number of hydrogen-bond acceptors (Lipinski definition) is 4. The molecule has 2 heterocycles. The van der Waals surface area contributed by atoms with Crippen molar-refractivity contribution in [1.82, 2.24) is 19.5 Å². The van der Waals surface area contributed by atoms with Crippen molar-refractivity contribution in [1.29, 1.82) is 0 Å². The second kappa shape index (κ2) is 6.99. The number of rotatable bonds is 6. The van der Waals surface area contributed by atoms with E-state index in [1.165, 1.54) is 6.33 Å². The highest BCUT2D eigenvalue weighted by molar-refractivity contribution is 5.75. The van der Waals surface area contributed by atoms with E-state index in [-0.39, 0.29) is 18.0 Å². The topological polar surface area (TPSA) is 77.6 Å². The van der Waals surface area contributed by atoms with Crippen LogP contribution in [0.4, 0.5) is 0 Å². The number of fused-ring (bicyclic) bond motifs is 1. The lowest BCUT2D eigenvalue weighted by Gasteiger charge is -2.08. The van der Waals surface area contributed by atoms with Crippen molar-refractivity contribution in [2.45, 2.75) is 20.0 Å². The van der Waals surface area contributed by atoms with Crippen LogP contribution in [0.3, 0.4) is 0 Å². The fourth-order valence-electron chi connectivity index (χ4n) is 2.35. The van der Waals surface area contributed by atoms with Gasteiger partial charge in [0.1, 0.15) is 24.1 Å². The van der Waals surface area contributed by atoms with Crippen LogP contribution < -0.4 is 15.6 Å². The summed E-state index contributed by atoms with van der Waals surface area (Å²) in [6, 6.07) is 11.0. The number of benzene rings is 1. The van der Waals surface area contributed by atoms with Gasteiger partial charge in [-0.2, -0.15) is 5.10 Å². The second-order valence-electron chi connectivity index (χ2n) is 5.25. The highest BCUT2D eigenvalue weighted by atomic mass is 16.5. The summed E-state index contributed by atoms with van der Waals surface area (Å²) < 4.78 is 8.15. The molecule has 2 aromatic heterocycles. The highest BCUT2D eigenvalue weighted by Crippen LogP contribution is 2.11. The first-order valence-electron chi connectivity index (χ1n) is 7.68. The third-order valence-electron chi connectivity index (χ3n) is 3.57. The summed E-state index contributed by atoms with van der Waals surface area (Å²) in [4.78, 5) is 24.2. The Morgan fingerprint density at radius 2 is 2.04 bits per heavy atom. The standard InChI is InChI=1S/C17H18N4O3/c1-2-24-14-7-5-13(6-8-14)10-18-16(22)11-21-17(23)15-4-3-9-20(15)12-19-21/h3-9,12H,2,10-11H2,1H3,(H,18,22). The van der Waals surface area contributed by atoms with Crippen LogP contribution in [-0.2, 0) is 17.9 Å². The molecule has 1 N–H and O–H groups in total. The Balaban J connectivity index is 1.60. The van der Waals surface area contributed by atoms with Crippen molar-refractivity contribution < 1.29 is 9.53 Å². The quantitative estimate of drug-likeness (QED) is 0.739. The number of amides is 1. The van der Waals surface area contributed by atoms with Gasteiger partial charge in [-0.05, 0) is 36.8 Å². The van der Waals surface area contributed by atoms with Gasteiger partial charge >= 0.3 is 0 Å². The van der Waals surface area contributed by atoms with Gasteiger partial charge in [-0.1, -0.05) is 12.1 Å². The summed E-state index contributed by atoms with van der Waals surface area (Å²) in [5.41, 5.74) is 1.15. The molecule has 0 atom stereocenters. The van der Waals surface area contributed by atoms with Gasteiger partial charge in [-0.15, -0.1) is 0 Å². The summed E-state index contributed by atoms with van der Waals surface area (Å²) in [5, 5.41) is 6.78. The van der Waals surface area contributed by atoms with Crippen molar-refractivity contribution in [3.05, 3.63) is 64.8 Å². The molecule has 0 radical (unpaired) electrons. The van der Waals surface area contributed by atoms with E-state index in [4.69, 9.17) is 4.74 Å². The molecular weight excluding hydrogens is 308 g/mol. The smallest absolute Gasteiger partial charge is 0.291 e. The summed E-state index contributed by atoms with van der Waals surface area (Å²) in [7, 11) is 0. The minimum Gasteiger partial charge on any atom is -0.494 e. The largest absolute Gasteiger partial charge is 0.494 e. The van der Waals surface area contributed by atoms with Crippen molar-refractivity contribution in [3.63, 3.8) is 0 Å². The molecule has 24 heavy (non-hydrogen) atoms. The van der Waals surface area contributed by atoms with Gasteiger partial charge in [0.2, 0.25) is 5.91 Å². The normalized spacial score (nSPS) is 10.7. The molecule has 0 saturated heterocycles. The molecule has 0 spiro atoms. The maximum Gasteiger partial charge on any atom is 0.291 e. The summed E-state index contributed by atoms with van der Waals surface area (Å²) in [6.45, 7) is 2.81. The van der Waals surface area contributed by atoms with E-state index in [0.717, 1.165) is 16.0 Å².